The molecule has 0 aliphatic heterocycles. The second-order valence-corrected chi connectivity index (χ2v) is 7.38. The summed E-state index contributed by atoms with van der Waals surface area (Å²) in [4.78, 5) is 12.2. The van der Waals surface area contributed by atoms with Crippen LogP contribution in [-0.4, -0.2) is 21.0 Å². The van der Waals surface area contributed by atoms with E-state index in [-0.39, 0.29) is 24.8 Å². The highest BCUT2D eigenvalue weighted by atomic mass is 35.5. The second-order valence-electron chi connectivity index (χ2n) is 7.38. The quantitative estimate of drug-likeness (QED) is 0.480. The minimum Gasteiger partial charge on any atom is -0.345 e. The molecule has 0 saturated carbocycles. The van der Waals surface area contributed by atoms with E-state index in [1.54, 1.807) is 6.33 Å². The van der Waals surface area contributed by atoms with E-state index in [1.165, 1.54) is 27.8 Å². The summed E-state index contributed by atoms with van der Waals surface area (Å²) in [7, 11) is 0. The van der Waals surface area contributed by atoms with Crippen molar-refractivity contribution in [3.8, 4) is 11.1 Å². The van der Waals surface area contributed by atoms with E-state index in [0.29, 0.717) is 6.04 Å². The molecule has 0 bridgehead atoms. The van der Waals surface area contributed by atoms with Crippen molar-refractivity contribution in [2.45, 2.75) is 32.4 Å². The van der Waals surface area contributed by atoms with Crippen LogP contribution in [0, 0.1) is 6.92 Å². The van der Waals surface area contributed by atoms with Gasteiger partial charge in [-0.3, -0.25) is 4.98 Å². The number of pyridine rings is 1. The van der Waals surface area contributed by atoms with Gasteiger partial charge in [0, 0.05) is 24.3 Å². The van der Waals surface area contributed by atoms with Crippen LogP contribution in [0.25, 0.3) is 22.2 Å². The summed E-state index contributed by atoms with van der Waals surface area (Å²) >= 11 is 0. The third-order valence-corrected chi connectivity index (χ3v) is 5.52. The summed E-state index contributed by atoms with van der Waals surface area (Å²) in [5.74, 6) is 0. The fourth-order valence-corrected chi connectivity index (χ4v) is 4.07. The largest absolute Gasteiger partial charge is 0.345 e. The zero-order valence-electron chi connectivity index (χ0n) is 16.2. The molecule has 2 aromatic carbocycles. The van der Waals surface area contributed by atoms with Crippen LogP contribution < -0.4 is 5.32 Å². The molecular formula is C23H24Cl2N4. The number of rotatable bonds is 4. The first-order chi connectivity index (χ1) is 13.3. The molecule has 4 aromatic rings. The standard InChI is InChI=1S/C23H22N4.2ClH/c1-15-8-20(12-24-19-9-16-4-2-3-5-17(16)10-19)25-13-21(15)18-6-7-22-23(11-18)27-14-26-22;;/h2-8,11,13-14,19,24H,9-10,12H2,1H3,(H,26,27);2*1H. The van der Waals surface area contributed by atoms with Crippen LogP contribution in [0.1, 0.15) is 22.4 Å². The smallest absolute Gasteiger partial charge is 0.0931 e. The summed E-state index contributed by atoms with van der Waals surface area (Å²) in [5.41, 5.74) is 9.67. The SMILES string of the molecule is Cc1cc(CNC2Cc3ccccc3C2)ncc1-c1ccc2nc[nH]c2c1.Cl.Cl. The number of halogens is 2. The van der Waals surface area contributed by atoms with Crippen molar-refractivity contribution < 1.29 is 0 Å². The Kier molecular flexibility index (Phi) is 6.58. The number of hydrogen-bond donors (Lipinski definition) is 2. The van der Waals surface area contributed by atoms with E-state index < -0.39 is 0 Å². The normalized spacial score (nSPS) is 13.0. The number of nitrogens with zero attached hydrogens (tertiary/aromatic N) is 2. The molecule has 0 radical (unpaired) electrons. The molecule has 2 heterocycles. The van der Waals surface area contributed by atoms with Gasteiger partial charge in [-0.2, -0.15) is 0 Å². The molecule has 0 fully saturated rings. The minimum atomic E-state index is 0. The molecule has 150 valence electrons. The van der Waals surface area contributed by atoms with Crippen LogP contribution in [-0.2, 0) is 19.4 Å². The maximum absolute atomic E-state index is 4.71. The monoisotopic (exact) mass is 426 g/mol. The predicted molar refractivity (Wildman–Crippen MR) is 123 cm³/mol. The third-order valence-electron chi connectivity index (χ3n) is 5.52. The molecule has 5 rings (SSSR count). The maximum atomic E-state index is 4.71. The lowest BCUT2D eigenvalue weighted by Crippen LogP contribution is -2.29. The molecule has 0 saturated heterocycles. The fourth-order valence-electron chi connectivity index (χ4n) is 4.07. The summed E-state index contributed by atoms with van der Waals surface area (Å²) < 4.78 is 0. The van der Waals surface area contributed by atoms with Crippen LogP contribution in [0.4, 0.5) is 0 Å². The molecule has 2 aromatic heterocycles. The first-order valence-electron chi connectivity index (χ1n) is 9.45. The van der Waals surface area contributed by atoms with Crippen LogP contribution in [0.5, 0.6) is 0 Å². The molecule has 0 amide bonds. The Morgan fingerprint density at radius 3 is 2.48 bits per heavy atom. The zero-order chi connectivity index (χ0) is 18.2. The number of fused-ring (bicyclic) bond motifs is 2. The summed E-state index contributed by atoms with van der Waals surface area (Å²) in [5, 5.41) is 3.68. The molecule has 0 atom stereocenters. The predicted octanol–water partition coefficient (Wildman–Crippen LogP) is 5.03. The van der Waals surface area contributed by atoms with Crippen molar-refractivity contribution in [1.82, 2.24) is 20.3 Å². The van der Waals surface area contributed by atoms with Crippen molar-refractivity contribution in [3.63, 3.8) is 0 Å². The molecule has 6 heteroatoms. The van der Waals surface area contributed by atoms with Gasteiger partial charge in [0.1, 0.15) is 0 Å². The molecule has 1 aliphatic carbocycles. The first kappa shape index (κ1) is 21.3. The van der Waals surface area contributed by atoms with Gasteiger partial charge in [0.15, 0.2) is 0 Å². The number of hydrogen-bond acceptors (Lipinski definition) is 3. The number of H-pyrrole nitrogens is 1. The highest BCUT2D eigenvalue weighted by molar-refractivity contribution is 5.85. The zero-order valence-corrected chi connectivity index (χ0v) is 17.8. The van der Waals surface area contributed by atoms with Crippen molar-refractivity contribution in [1.29, 1.82) is 0 Å². The van der Waals surface area contributed by atoms with Gasteiger partial charge < -0.3 is 10.3 Å². The molecular weight excluding hydrogens is 403 g/mol. The van der Waals surface area contributed by atoms with Crippen molar-refractivity contribution >= 4 is 35.8 Å². The number of aromatic amines is 1. The summed E-state index contributed by atoms with van der Waals surface area (Å²) in [6.07, 6.45) is 5.94. The fraction of sp³-hybridized carbons (Fsp3) is 0.217. The van der Waals surface area contributed by atoms with Gasteiger partial charge in [0.25, 0.3) is 0 Å². The highest BCUT2D eigenvalue weighted by Gasteiger charge is 2.20. The van der Waals surface area contributed by atoms with Crippen LogP contribution >= 0.6 is 24.8 Å². The number of imidazole rings is 1. The van der Waals surface area contributed by atoms with Gasteiger partial charge in [-0.05, 0) is 60.2 Å². The van der Waals surface area contributed by atoms with Gasteiger partial charge in [-0.1, -0.05) is 30.3 Å². The third kappa shape index (κ3) is 4.30. The van der Waals surface area contributed by atoms with Crippen LogP contribution in [0.3, 0.4) is 0 Å². The van der Waals surface area contributed by atoms with E-state index in [1.807, 2.05) is 12.3 Å². The maximum Gasteiger partial charge on any atom is 0.0931 e. The van der Waals surface area contributed by atoms with E-state index in [2.05, 4.69) is 64.7 Å². The van der Waals surface area contributed by atoms with E-state index in [0.717, 1.165) is 36.1 Å². The van der Waals surface area contributed by atoms with Gasteiger partial charge in [0.2, 0.25) is 0 Å². The first-order valence-corrected chi connectivity index (χ1v) is 9.45. The lowest BCUT2D eigenvalue weighted by molar-refractivity contribution is 0.527. The van der Waals surface area contributed by atoms with Gasteiger partial charge >= 0.3 is 0 Å². The number of benzene rings is 2. The van der Waals surface area contributed by atoms with Crippen LogP contribution in [0.15, 0.2) is 61.1 Å². The summed E-state index contributed by atoms with van der Waals surface area (Å²) in [6, 6.07) is 17.7. The van der Waals surface area contributed by atoms with Crippen molar-refractivity contribution in [2.24, 2.45) is 0 Å². The minimum absolute atomic E-state index is 0. The Balaban J connectivity index is 0.00000120. The Morgan fingerprint density at radius 1 is 1.00 bits per heavy atom. The topological polar surface area (TPSA) is 53.6 Å². The van der Waals surface area contributed by atoms with E-state index >= 15 is 0 Å². The molecule has 2 N–H and O–H groups in total. The lowest BCUT2D eigenvalue weighted by Gasteiger charge is -2.13. The van der Waals surface area contributed by atoms with Crippen molar-refractivity contribution in [3.05, 3.63) is 83.4 Å². The average Bonchev–Trinajstić information content (AvgIpc) is 3.32. The highest BCUT2D eigenvalue weighted by Crippen LogP contribution is 2.26. The van der Waals surface area contributed by atoms with E-state index in [4.69, 9.17) is 4.98 Å². The molecule has 1 aliphatic rings. The number of aromatic nitrogens is 3. The molecule has 0 unspecified atom stereocenters. The number of nitrogens with one attached hydrogen (secondary N) is 2. The van der Waals surface area contributed by atoms with Crippen LogP contribution in [0.2, 0.25) is 0 Å². The molecule has 4 nitrogen and oxygen atoms in total. The van der Waals surface area contributed by atoms with Gasteiger partial charge in [0.05, 0.1) is 23.1 Å². The Bertz CT molecular complexity index is 1100. The molecule has 0 spiro atoms. The van der Waals surface area contributed by atoms with Gasteiger partial charge in [-0.15, -0.1) is 24.8 Å². The lowest BCUT2D eigenvalue weighted by atomic mass is 10.0. The Labute approximate surface area is 183 Å². The van der Waals surface area contributed by atoms with Crippen molar-refractivity contribution in [2.75, 3.05) is 0 Å². The van der Waals surface area contributed by atoms with Gasteiger partial charge in [-0.25, -0.2) is 4.98 Å². The Hall–Kier alpha value is -2.40. The second kappa shape index (κ2) is 8.95. The Morgan fingerprint density at radius 2 is 1.76 bits per heavy atom. The summed E-state index contributed by atoms with van der Waals surface area (Å²) in [6.45, 7) is 2.96. The average molecular weight is 427 g/mol. The number of aryl methyl sites for hydroxylation is 1. The van der Waals surface area contributed by atoms with E-state index in [9.17, 15) is 0 Å². The molecule has 29 heavy (non-hydrogen) atoms.